The van der Waals surface area contributed by atoms with Gasteiger partial charge in [0.2, 0.25) is 11.5 Å². The smallest absolute Gasteiger partial charge is 0.243 e. The first kappa shape index (κ1) is 11.9. The van der Waals surface area contributed by atoms with E-state index in [-0.39, 0.29) is 17.9 Å². The lowest BCUT2D eigenvalue weighted by Crippen LogP contribution is -2.43. The van der Waals surface area contributed by atoms with Crippen LogP contribution in [0.1, 0.15) is 26.7 Å². The van der Waals surface area contributed by atoms with Crippen LogP contribution in [-0.2, 0) is 9.53 Å². The van der Waals surface area contributed by atoms with Crippen LogP contribution in [0.5, 0.6) is 0 Å². The largest absolute Gasteiger partial charge is 0.502 e. The van der Waals surface area contributed by atoms with Crippen molar-refractivity contribution >= 4 is 5.78 Å². The second kappa shape index (κ2) is 3.74. The number of allylic oxidation sites excluding steroid dienone is 3. The monoisotopic (exact) mass is 236 g/mol. The van der Waals surface area contributed by atoms with Gasteiger partial charge in [0.1, 0.15) is 5.76 Å². The van der Waals surface area contributed by atoms with Gasteiger partial charge in [0, 0.05) is 6.42 Å². The molecule has 2 aliphatic rings. The minimum absolute atomic E-state index is 0.126. The van der Waals surface area contributed by atoms with E-state index < -0.39 is 17.0 Å². The topological polar surface area (TPSA) is 66.8 Å². The van der Waals surface area contributed by atoms with Crippen molar-refractivity contribution in [3.63, 3.8) is 0 Å². The summed E-state index contributed by atoms with van der Waals surface area (Å²) in [7, 11) is 0. The molecule has 17 heavy (non-hydrogen) atoms. The van der Waals surface area contributed by atoms with Crippen LogP contribution in [0.25, 0.3) is 0 Å². The molecule has 0 radical (unpaired) electrons. The average Bonchev–Trinajstić information content (AvgIpc) is 2.43. The molecule has 2 rings (SSSR count). The molecule has 0 fully saturated rings. The lowest BCUT2D eigenvalue weighted by atomic mass is 9.82. The maximum absolute atomic E-state index is 11.9. The Kier molecular flexibility index (Phi) is 2.62. The van der Waals surface area contributed by atoms with Gasteiger partial charge in [-0.1, -0.05) is 24.3 Å². The third-order valence-corrected chi connectivity index (χ3v) is 3.18. The molecule has 2 unspecified atom stereocenters. The van der Waals surface area contributed by atoms with Crippen LogP contribution in [0.3, 0.4) is 0 Å². The fourth-order valence-electron chi connectivity index (χ4n) is 2.33. The summed E-state index contributed by atoms with van der Waals surface area (Å²) in [5, 5.41) is 19.8. The van der Waals surface area contributed by atoms with Gasteiger partial charge in [-0.25, -0.2) is 0 Å². The van der Waals surface area contributed by atoms with Crippen molar-refractivity contribution in [3.05, 3.63) is 35.8 Å². The maximum Gasteiger partial charge on any atom is 0.243 e. The summed E-state index contributed by atoms with van der Waals surface area (Å²) in [6, 6.07) is 0. The number of ketones is 1. The van der Waals surface area contributed by atoms with Crippen molar-refractivity contribution in [2.24, 2.45) is 0 Å². The molecular formula is C13H16O4. The summed E-state index contributed by atoms with van der Waals surface area (Å²) in [6.07, 6.45) is 7.64. The van der Waals surface area contributed by atoms with E-state index in [1.54, 1.807) is 26.0 Å². The number of hydrogen-bond acceptors (Lipinski definition) is 4. The molecule has 1 aliphatic heterocycles. The van der Waals surface area contributed by atoms with Crippen molar-refractivity contribution in [2.45, 2.75) is 37.9 Å². The molecule has 2 atom stereocenters. The number of aliphatic hydroxyl groups is 2. The fraction of sp³-hybridized carbons (Fsp3) is 0.462. The Morgan fingerprint density at radius 1 is 1.47 bits per heavy atom. The Hall–Kier alpha value is -1.55. The average molecular weight is 236 g/mol. The summed E-state index contributed by atoms with van der Waals surface area (Å²) in [6.45, 7) is 3.13. The minimum Gasteiger partial charge on any atom is -0.502 e. The molecule has 0 aromatic heterocycles. The predicted molar refractivity (Wildman–Crippen MR) is 62.3 cm³/mol. The van der Waals surface area contributed by atoms with Crippen LogP contribution in [-0.4, -0.2) is 27.2 Å². The second-order valence-electron chi connectivity index (χ2n) is 4.84. The zero-order chi connectivity index (χ0) is 12.7. The molecule has 4 heteroatoms. The highest BCUT2D eigenvalue weighted by atomic mass is 16.5. The molecule has 1 heterocycles. The van der Waals surface area contributed by atoms with Gasteiger partial charge in [-0.3, -0.25) is 4.79 Å². The lowest BCUT2D eigenvalue weighted by Gasteiger charge is -2.33. The summed E-state index contributed by atoms with van der Waals surface area (Å²) >= 11 is 0. The molecule has 0 aromatic carbocycles. The molecule has 92 valence electrons. The van der Waals surface area contributed by atoms with Crippen molar-refractivity contribution in [2.75, 3.05) is 0 Å². The SMILES string of the molecule is CC1=C(O)C(=O)C(C)(CC2(O)C=CC=CC2)O1. The van der Waals surface area contributed by atoms with Crippen molar-refractivity contribution in [1.82, 2.24) is 0 Å². The maximum atomic E-state index is 11.9. The molecule has 0 aromatic rings. The highest BCUT2D eigenvalue weighted by Gasteiger charge is 2.49. The van der Waals surface area contributed by atoms with E-state index >= 15 is 0 Å². The second-order valence-corrected chi connectivity index (χ2v) is 4.84. The molecule has 0 saturated heterocycles. The molecule has 0 bridgehead atoms. The highest BCUT2D eigenvalue weighted by Crippen LogP contribution is 2.37. The highest BCUT2D eigenvalue weighted by molar-refractivity contribution is 6.02. The van der Waals surface area contributed by atoms with Gasteiger partial charge in [0.05, 0.1) is 5.60 Å². The fourth-order valence-corrected chi connectivity index (χ4v) is 2.33. The van der Waals surface area contributed by atoms with Crippen LogP contribution < -0.4 is 0 Å². The Labute approximate surface area is 99.9 Å². The lowest BCUT2D eigenvalue weighted by molar-refractivity contribution is -0.135. The normalized spacial score (nSPS) is 36.5. The summed E-state index contributed by atoms with van der Waals surface area (Å²) in [4.78, 5) is 11.9. The van der Waals surface area contributed by atoms with E-state index in [2.05, 4.69) is 0 Å². The number of carbonyl (C=O) groups is 1. The van der Waals surface area contributed by atoms with Gasteiger partial charge < -0.3 is 14.9 Å². The first-order valence-electron chi connectivity index (χ1n) is 5.57. The Morgan fingerprint density at radius 2 is 2.18 bits per heavy atom. The van der Waals surface area contributed by atoms with Crippen LogP contribution in [0.15, 0.2) is 35.8 Å². The molecule has 0 spiro atoms. The van der Waals surface area contributed by atoms with Crippen LogP contribution >= 0.6 is 0 Å². The number of carbonyl (C=O) groups excluding carboxylic acids is 1. The Balaban J connectivity index is 2.18. The van der Waals surface area contributed by atoms with Crippen LogP contribution in [0.4, 0.5) is 0 Å². The third kappa shape index (κ3) is 2.00. The molecule has 1 aliphatic carbocycles. The van der Waals surface area contributed by atoms with Crippen LogP contribution in [0, 0.1) is 0 Å². The number of rotatable bonds is 2. The predicted octanol–water partition coefficient (Wildman–Crippen LogP) is 1.77. The van der Waals surface area contributed by atoms with Gasteiger partial charge >= 0.3 is 0 Å². The molecule has 0 amide bonds. The standard InChI is InChI=1S/C13H16O4/c1-9-10(14)11(15)12(2,17-9)8-13(16)6-4-3-5-7-13/h3-6,14,16H,7-8H2,1-2H3. The number of ether oxygens (including phenoxy) is 1. The minimum atomic E-state index is -1.18. The quantitative estimate of drug-likeness (QED) is 0.766. The van der Waals surface area contributed by atoms with E-state index in [0.29, 0.717) is 6.42 Å². The van der Waals surface area contributed by atoms with Crippen molar-refractivity contribution < 1.29 is 19.7 Å². The van der Waals surface area contributed by atoms with Crippen LogP contribution in [0.2, 0.25) is 0 Å². The Morgan fingerprint density at radius 3 is 2.65 bits per heavy atom. The number of Topliss-reactive ketones (excluding diaryl/α,β-unsaturated/α-hetero) is 1. The van der Waals surface area contributed by atoms with Crippen molar-refractivity contribution in [1.29, 1.82) is 0 Å². The zero-order valence-electron chi connectivity index (χ0n) is 9.93. The van der Waals surface area contributed by atoms with Gasteiger partial charge in [0.25, 0.3) is 0 Å². The van der Waals surface area contributed by atoms with E-state index in [4.69, 9.17) is 4.74 Å². The number of aliphatic hydroxyl groups excluding tert-OH is 1. The molecule has 0 saturated carbocycles. The first-order valence-corrected chi connectivity index (χ1v) is 5.57. The summed E-state index contributed by atoms with van der Waals surface area (Å²) < 4.78 is 5.40. The van der Waals surface area contributed by atoms with E-state index in [0.717, 1.165) is 0 Å². The Bertz CT molecular complexity index is 446. The van der Waals surface area contributed by atoms with Crippen molar-refractivity contribution in [3.8, 4) is 0 Å². The van der Waals surface area contributed by atoms with Gasteiger partial charge in [-0.15, -0.1) is 0 Å². The van der Waals surface area contributed by atoms with E-state index in [1.807, 2.05) is 12.2 Å². The van der Waals surface area contributed by atoms with Gasteiger partial charge in [-0.05, 0) is 20.3 Å². The number of hydrogen-bond donors (Lipinski definition) is 2. The molecule has 2 N–H and O–H groups in total. The van der Waals surface area contributed by atoms with Gasteiger partial charge in [0.15, 0.2) is 5.60 Å². The third-order valence-electron chi connectivity index (χ3n) is 3.18. The molecular weight excluding hydrogens is 220 g/mol. The summed E-state index contributed by atoms with van der Waals surface area (Å²) in [5.41, 5.74) is -2.28. The van der Waals surface area contributed by atoms with Gasteiger partial charge in [-0.2, -0.15) is 0 Å². The zero-order valence-corrected chi connectivity index (χ0v) is 9.93. The van der Waals surface area contributed by atoms with E-state index in [9.17, 15) is 15.0 Å². The molecule has 4 nitrogen and oxygen atoms in total. The van der Waals surface area contributed by atoms with E-state index in [1.165, 1.54) is 0 Å². The summed E-state index contributed by atoms with van der Waals surface area (Å²) in [5.74, 6) is -0.589. The first-order chi connectivity index (χ1) is 7.86.